The van der Waals surface area contributed by atoms with Gasteiger partial charge in [0, 0.05) is 21.0 Å². The molecule has 154 valence electrons. The number of esters is 1. The number of carbonyl (C=O) groups excluding carboxylic acids is 2. The number of nitrogens with one attached hydrogen (secondary N) is 2. The minimum atomic E-state index is -0.554. The van der Waals surface area contributed by atoms with E-state index in [1.54, 1.807) is 21.0 Å². The van der Waals surface area contributed by atoms with E-state index in [9.17, 15) is 9.59 Å². The Hall–Kier alpha value is -3.00. The number of thiophene rings is 1. The van der Waals surface area contributed by atoms with E-state index in [4.69, 9.17) is 14.2 Å². The van der Waals surface area contributed by atoms with Crippen molar-refractivity contribution in [3.8, 4) is 11.5 Å². The van der Waals surface area contributed by atoms with E-state index in [1.165, 1.54) is 11.3 Å². The van der Waals surface area contributed by atoms with E-state index in [1.807, 2.05) is 37.3 Å². The Kier molecular flexibility index (Phi) is 6.43. The summed E-state index contributed by atoms with van der Waals surface area (Å²) < 4.78 is 16.2. The first-order valence-corrected chi connectivity index (χ1v) is 10.1. The zero-order valence-corrected chi connectivity index (χ0v) is 17.6. The standard InChI is InChI=1S/C21H24N2O5S/c1-5-27-20(24)18-12(2)22-21(25)23-19(18)17-10-14(13(3)29-17)11-28-16-8-6-15(26-4)7-9-16/h6-10,19H,5,11H2,1-4H3,(H2,22,23,25). The number of aryl methyl sites for hydroxylation is 1. The Balaban J connectivity index is 1.80. The summed E-state index contributed by atoms with van der Waals surface area (Å²) in [6, 6.07) is 8.44. The summed E-state index contributed by atoms with van der Waals surface area (Å²) in [5, 5.41) is 5.47. The Bertz CT molecular complexity index is 933. The summed E-state index contributed by atoms with van der Waals surface area (Å²) in [5.41, 5.74) is 1.91. The Morgan fingerprint density at radius 3 is 2.52 bits per heavy atom. The molecule has 29 heavy (non-hydrogen) atoms. The average molecular weight is 416 g/mol. The van der Waals surface area contributed by atoms with Gasteiger partial charge in [0.15, 0.2) is 0 Å². The SMILES string of the molecule is CCOC(=O)C1=C(C)NC(=O)NC1c1cc(COc2ccc(OC)cc2)c(C)s1. The van der Waals surface area contributed by atoms with Crippen molar-refractivity contribution in [3.63, 3.8) is 0 Å². The maximum absolute atomic E-state index is 12.5. The number of methoxy groups -OCH3 is 1. The second kappa shape index (κ2) is 9.00. The molecule has 3 rings (SSSR count). The van der Waals surface area contributed by atoms with Gasteiger partial charge in [0.2, 0.25) is 0 Å². The molecule has 8 heteroatoms. The molecule has 0 spiro atoms. The van der Waals surface area contributed by atoms with Gasteiger partial charge in [0.05, 0.1) is 25.3 Å². The molecular formula is C21H24N2O5S. The summed E-state index contributed by atoms with van der Waals surface area (Å²) >= 11 is 1.52. The van der Waals surface area contributed by atoms with E-state index >= 15 is 0 Å². The molecule has 1 unspecified atom stereocenters. The lowest BCUT2D eigenvalue weighted by atomic mass is 10.0. The van der Waals surface area contributed by atoms with Crippen LogP contribution in [0.4, 0.5) is 4.79 Å². The van der Waals surface area contributed by atoms with Crippen molar-refractivity contribution >= 4 is 23.3 Å². The summed E-state index contributed by atoms with van der Waals surface area (Å²) in [7, 11) is 1.62. The molecule has 0 bridgehead atoms. The summed E-state index contributed by atoms with van der Waals surface area (Å²) in [5.74, 6) is 1.06. The molecule has 2 aromatic rings. The Morgan fingerprint density at radius 1 is 1.17 bits per heavy atom. The lowest BCUT2D eigenvalue weighted by Gasteiger charge is -2.27. The molecule has 0 fully saturated rings. The van der Waals surface area contributed by atoms with E-state index in [-0.39, 0.29) is 12.6 Å². The third-order valence-electron chi connectivity index (χ3n) is 4.54. The molecule has 2 N–H and O–H groups in total. The lowest BCUT2D eigenvalue weighted by molar-refractivity contribution is -0.139. The van der Waals surface area contributed by atoms with Crippen LogP contribution < -0.4 is 20.1 Å². The fourth-order valence-corrected chi connectivity index (χ4v) is 4.15. The summed E-state index contributed by atoms with van der Waals surface area (Å²) in [6.45, 7) is 6.09. The van der Waals surface area contributed by atoms with Crippen LogP contribution >= 0.6 is 11.3 Å². The molecule has 1 aromatic heterocycles. The normalized spacial score (nSPS) is 16.1. The predicted molar refractivity (Wildman–Crippen MR) is 110 cm³/mol. The number of amides is 2. The van der Waals surface area contributed by atoms with Gasteiger partial charge in [-0.2, -0.15) is 0 Å². The maximum atomic E-state index is 12.5. The second-order valence-electron chi connectivity index (χ2n) is 6.49. The number of carbonyl (C=O) groups is 2. The van der Waals surface area contributed by atoms with Crippen LogP contribution in [-0.2, 0) is 16.1 Å². The number of ether oxygens (including phenoxy) is 3. The first-order valence-electron chi connectivity index (χ1n) is 9.24. The number of urea groups is 1. The fourth-order valence-electron chi connectivity index (χ4n) is 3.05. The van der Waals surface area contributed by atoms with Gasteiger partial charge in [0.25, 0.3) is 0 Å². The monoisotopic (exact) mass is 416 g/mol. The van der Waals surface area contributed by atoms with Gasteiger partial charge in [0.1, 0.15) is 18.1 Å². The third-order valence-corrected chi connectivity index (χ3v) is 5.70. The maximum Gasteiger partial charge on any atom is 0.338 e. The van der Waals surface area contributed by atoms with Crippen molar-refractivity contribution < 1.29 is 23.8 Å². The van der Waals surface area contributed by atoms with Crippen molar-refractivity contribution in [1.82, 2.24) is 10.6 Å². The minimum absolute atomic E-state index is 0.265. The van der Waals surface area contributed by atoms with E-state index in [0.29, 0.717) is 17.9 Å². The number of hydrogen-bond acceptors (Lipinski definition) is 6. The molecule has 1 aliphatic rings. The lowest BCUT2D eigenvalue weighted by Crippen LogP contribution is -2.45. The first-order chi connectivity index (χ1) is 13.9. The van der Waals surface area contributed by atoms with Crippen LogP contribution in [0.1, 0.15) is 35.2 Å². The predicted octanol–water partition coefficient (Wildman–Crippen LogP) is 3.84. The van der Waals surface area contributed by atoms with Crippen molar-refractivity contribution in [2.75, 3.05) is 13.7 Å². The van der Waals surface area contributed by atoms with Crippen LogP contribution in [0.3, 0.4) is 0 Å². The van der Waals surface area contributed by atoms with Crippen LogP contribution in [0.5, 0.6) is 11.5 Å². The van der Waals surface area contributed by atoms with E-state index < -0.39 is 12.0 Å². The number of hydrogen-bond donors (Lipinski definition) is 2. The fraction of sp³-hybridized carbons (Fsp3) is 0.333. The topological polar surface area (TPSA) is 85.9 Å². The van der Waals surface area contributed by atoms with Crippen LogP contribution in [0.2, 0.25) is 0 Å². The van der Waals surface area contributed by atoms with Crippen molar-refractivity contribution in [1.29, 1.82) is 0 Å². The first kappa shape index (κ1) is 20.7. The number of rotatable bonds is 7. The largest absolute Gasteiger partial charge is 0.497 e. The Morgan fingerprint density at radius 2 is 1.86 bits per heavy atom. The van der Waals surface area contributed by atoms with Crippen molar-refractivity contribution in [2.45, 2.75) is 33.4 Å². The smallest absolute Gasteiger partial charge is 0.338 e. The van der Waals surface area contributed by atoms with Crippen molar-refractivity contribution in [2.24, 2.45) is 0 Å². The molecular weight excluding hydrogens is 392 g/mol. The van der Waals surface area contributed by atoms with Gasteiger partial charge in [-0.3, -0.25) is 0 Å². The molecule has 0 radical (unpaired) electrons. The van der Waals surface area contributed by atoms with E-state index in [2.05, 4.69) is 10.6 Å². The summed E-state index contributed by atoms with van der Waals surface area (Å²) in [4.78, 5) is 26.4. The van der Waals surface area contributed by atoms with Gasteiger partial charge in [-0.15, -0.1) is 11.3 Å². The highest BCUT2D eigenvalue weighted by Crippen LogP contribution is 2.34. The molecule has 1 aromatic carbocycles. The number of allylic oxidation sites excluding steroid dienone is 1. The molecule has 0 aliphatic carbocycles. The third kappa shape index (κ3) is 4.71. The molecule has 2 heterocycles. The zero-order chi connectivity index (χ0) is 21.0. The molecule has 7 nitrogen and oxygen atoms in total. The average Bonchev–Trinajstić information content (AvgIpc) is 3.07. The van der Waals surface area contributed by atoms with Crippen LogP contribution in [0.25, 0.3) is 0 Å². The quantitative estimate of drug-likeness (QED) is 0.670. The van der Waals surface area contributed by atoms with E-state index in [0.717, 1.165) is 26.8 Å². The van der Waals surface area contributed by atoms with Gasteiger partial charge in [-0.05, 0) is 51.1 Å². The molecule has 1 aliphatic heterocycles. The molecule has 0 saturated carbocycles. The van der Waals surface area contributed by atoms with Gasteiger partial charge in [-0.25, -0.2) is 9.59 Å². The van der Waals surface area contributed by atoms with Crippen LogP contribution in [-0.4, -0.2) is 25.7 Å². The van der Waals surface area contributed by atoms with Gasteiger partial charge in [-0.1, -0.05) is 0 Å². The minimum Gasteiger partial charge on any atom is -0.497 e. The molecule has 0 saturated heterocycles. The summed E-state index contributed by atoms with van der Waals surface area (Å²) in [6.07, 6.45) is 0. The highest BCUT2D eigenvalue weighted by Gasteiger charge is 2.33. The second-order valence-corrected chi connectivity index (χ2v) is 7.77. The highest BCUT2D eigenvalue weighted by atomic mass is 32.1. The van der Waals surface area contributed by atoms with Crippen molar-refractivity contribution in [3.05, 3.63) is 56.9 Å². The van der Waals surface area contributed by atoms with Crippen LogP contribution in [0.15, 0.2) is 41.6 Å². The van der Waals surface area contributed by atoms with Crippen LogP contribution in [0, 0.1) is 6.92 Å². The van der Waals surface area contributed by atoms with Gasteiger partial charge >= 0.3 is 12.0 Å². The molecule has 2 amide bonds. The zero-order valence-electron chi connectivity index (χ0n) is 16.8. The molecule has 1 atom stereocenters. The number of benzene rings is 1. The van der Waals surface area contributed by atoms with Gasteiger partial charge < -0.3 is 24.8 Å². The Labute approximate surface area is 173 Å². The highest BCUT2D eigenvalue weighted by molar-refractivity contribution is 7.12.